The van der Waals surface area contributed by atoms with Gasteiger partial charge in [-0.05, 0) is 24.7 Å². The zero-order valence-electron chi connectivity index (χ0n) is 16.8. The van der Waals surface area contributed by atoms with E-state index in [0.717, 1.165) is 59.0 Å². The highest BCUT2D eigenvalue weighted by Crippen LogP contribution is 2.37. The molecule has 0 amide bonds. The van der Waals surface area contributed by atoms with Crippen molar-refractivity contribution in [3.05, 3.63) is 60.4 Å². The number of likely N-dealkylation sites (N-methyl/N-ethyl adjacent to an activating group) is 1. The first-order chi connectivity index (χ1) is 14.2. The Labute approximate surface area is 175 Å². The van der Waals surface area contributed by atoms with Crippen molar-refractivity contribution >= 4 is 17.6 Å². The van der Waals surface area contributed by atoms with Gasteiger partial charge in [0.25, 0.3) is 0 Å². The first-order valence-corrected chi connectivity index (χ1v) is 10.5. The van der Waals surface area contributed by atoms with Gasteiger partial charge in [-0.1, -0.05) is 42.1 Å². The monoisotopic (exact) mass is 410 g/mol. The zero-order valence-corrected chi connectivity index (χ0v) is 17.6. The summed E-state index contributed by atoms with van der Waals surface area (Å²) in [5, 5.41) is 0.954. The molecular weight excluding hydrogens is 384 g/mol. The van der Waals surface area contributed by atoms with Gasteiger partial charge in [0.1, 0.15) is 11.6 Å². The average molecular weight is 411 g/mol. The summed E-state index contributed by atoms with van der Waals surface area (Å²) in [6.07, 6.45) is 3.79. The number of aromatic amines is 1. The number of hydrogen-bond donors (Lipinski definition) is 1. The van der Waals surface area contributed by atoms with E-state index < -0.39 is 0 Å². The smallest absolute Gasteiger partial charge is 0.171 e. The number of hydrogen-bond acceptors (Lipinski definition) is 6. The largest absolute Gasteiger partial charge is 0.494 e. The summed E-state index contributed by atoms with van der Waals surface area (Å²) in [6.45, 7) is 4.46. The minimum Gasteiger partial charge on any atom is -0.494 e. The summed E-state index contributed by atoms with van der Waals surface area (Å²) in [7, 11) is 3.83. The fraction of sp³-hybridized carbons (Fsp3) is 0.318. The molecule has 1 aromatic carbocycles. The topological polar surface area (TPSA) is 53.6 Å². The number of piperazine rings is 1. The number of rotatable bonds is 7. The summed E-state index contributed by atoms with van der Waals surface area (Å²) in [5.74, 6) is 2.55. The molecule has 0 atom stereocenters. The predicted octanol–water partition coefficient (Wildman–Crippen LogP) is 3.90. The normalized spacial score (nSPS) is 14.8. The second-order valence-corrected chi connectivity index (χ2v) is 8.12. The van der Waals surface area contributed by atoms with Crippen LogP contribution in [-0.2, 0) is 6.61 Å². The van der Waals surface area contributed by atoms with Crippen LogP contribution in [0.5, 0.6) is 11.5 Å². The number of ether oxygens (including phenoxy) is 2. The zero-order chi connectivity index (χ0) is 20.1. The molecule has 4 rings (SSSR count). The van der Waals surface area contributed by atoms with Crippen molar-refractivity contribution in [3.63, 3.8) is 0 Å². The molecule has 0 unspecified atom stereocenters. The van der Waals surface area contributed by atoms with Gasteiger partial charge in [-0.25, -0.2) is 4.98 Å². The van der Waals surface area contributed by atoms with Crippen LogP contribution in [0.25, 0.3) is 0 Å². The van der Waals surface area contributed by atoms with Crippen molar-refractivity contribution in [1.29, 1.82) is 0 Å². The summed E-state index contributed by atoms with van der Waals surface area (Å²) in [5.41, 5.74) is 1.14. The van der Waals surface area contributed by atoms with E-state index >= 15 is 0 Å². The quantitative estimate of drug-likeness (QED) is 0.638. The fourth-order valence-corrected chi connectivity index (χ4v) is 4.16. The highest BCUT2D eigenvalue weighted by Gasteiger charge is 2.20. The Kier molecular flexibility index (Phi) is 6.27. The second kappa shape index (κ2) is 9.24. The van der Waals surface area contributed by atoms with Gasteiger partial charge < -0.3 is 24.3 Å². The molecule has 0 saturated carbocycles. The van der Waals surface area contributed by atoms with E-state index in [1.54, 1.807) is 18.9 Å². The van der Waals surface area contributed by atoms with Crippen molar-refractivity contribution in [3.8, 4) is 11.5 Å². The predicted molar refractivity (Wildman–Crippen MR) is 116 cm³/mol. The van der Waals surface area contributed by atoms with Gasteiger partial charge in [0.15, 0.2) is 17.3 Å². The van der Waals surface area contributed by atoms with Crippen molar-refractivity contribution in [2.45, 2.75) is 16.5 Å². The Balaban J connectivity index is 1.58. The van der Waals surface area contributed by atoms with Crippen LogP contribution in [0.1, 0.15) is 5.56 Å². The molecule has 0 bridgehead atoms. The molecule has 6 nitrogen and oxygen atoms in total. The van der Waals surface area contributed by atoms with Crippen molar-refractivity contribution in [2.24, 2.45) is 0 Å². The molecule has 3 heterocycles. The van der Waals surface area contributed by atoms with Crippen LogP contribution in [0.4, 0.5) is 5.82 Å². The van der Waals surface area contributed by atoms with Gasteiger partial charge in [-0.2, -0.15) is 0 Å². The van der Waals surface area contributed by atoms with Crippen molar-refractivity contribution < 1.29 is 9.47 Å². The highest BCUT2D eigenvalue weighted by atomic mass is 32.2. The van der Waals surface area contributed by atoms with E-state index in [1.807, 2.05) is 36.7 Å². The second-order valence-electron chi connectivity index (χ2n) is 7.03. The first-order valence-electron chi connectivity index (χ1n) is 9.72. The summed E-state index contributed by atoms with van der Waals surface area (Å²) < 4.78 is 11.7. The lowest BCUT2D eigenvalue weighted by molar-refractivity contribution is 0.294. The number of nitrogens with zero attached hydrogens (tertiary/aromatic N) is 3. The molecule has 1 fully saturated rings. The first kappa shape index (κ1) is 19.7. The minimum absolute atomic E-state index is 0.517. The van der Waals surface area contributed by atoms with Gasteiger partial charge in [-0.15, -0.1) is 0 Å². The van der Waals surface area contributed by atoms with Crippen LogP contribution in [0.15, 0.2) is 64.8 Å². The number of methoxy groups -OCH3 is 1. The Hall–Kier alpha value is -2.64. The third kappa shape index (κ3) is 4.86. The summed E-state index contributed by atoms with van der Waals surface area (Å²) in [6, 6.07) is 14.2. The van der Waals surface area contributed by atoms with Gasteiger partial charge in [0.05, 0.1) is 7.11 Å². The Morgan fingerprint density at radius 3 is 2.62 bits per heavy atom. The number of anilines is 1. The lowest BCUT2D eigenvalue weighted by Crippen LogP contribution is -2.45. The lowest BCUT2D eigenvalue weighted by atomic mass is 10.2. The van der Waals surface area contributed by atoms with Crippen LogP contribution >= 0.6 is 11.8 Å². The average Bonchev–Trinajstić information content (AvgIpc) is 3.21. The van der Waals surface area contributed by atoms with E-state index in [1.165, 1.54) is 0 Å². The van der Waals surface area contributed by atoms with E-state index in [2.05, 4.69) is 40.0 Å². The molecule has 0 radical (unpaired) electrons. The number of aromatic nitrogens is 2. The van der Waals surface area contributed by atoms with Crippen LogP contribution in [0.3, 0.4) is 0 Å². The summed E-state index contributed by atoms with van der Waals surface area (Å²) >= 11 is 1.59. The van der Waals surface area contributed by atoms with Crippen LogP contribution in [-0.4, -0.2) is 55.2 Å². The number of benzene rings is 1. The SMILES string of the molecule is COc1cc[nH]c1Sc1cnc(N2CCN(C)CC2)c(OCc2ccccc2)c1. The molecule has 152 valence electrons. The van der Waals surface area contributed by atoms with Crippen molar-refractivity contribution in [2.75, 3.05) is 45.2 Å². The minimum atomic E-state index is 0.517. The maximum atomic E-state index is 6.25. The molecule has 1 aliphatic heterocycles. The molecule has 1 saturated heterocycles. The molecule has 29 heavy (non-hydrogen) atoms. The van der Waals surface area contributed by atoms with E-state index in [9.17, 15) is 0 Å². The van der Waals surface area contributed by atoms with Gasteiger partial charge >= 0.3 is 0 Å². The third-order valence-electron chi connectivity index (χ3n) is 4.96. The molecular formula is C22H26N4O2S. The van der Waals surface area contributed by atoms with Crippen molar-refractivity contribution in [1.82, 2.24) is 14.9 Å². The van der Waals surface area contributed by atoms with E-state index in [0.29, 0.717) is 6.61 Å². The Morgan fingerprint density at radius 1 is 1.07 bits per heavy atom. The van der Waals surface area contributed by atoms with Crippen LogP contribution in [0, 0.1) is 0 Å². The van der Waals surface area contributed by atoms with E-state index in [4.69, 9.17) is 14.5 Å². The van der Waals surface area contributed by atoms with Gasteiger partial charge in [-0.3, -0.25) is 0 Å². The molecule has 0 spiro atoms. The maximum Gasteiger partial charge on any atom is 0.171 e. The Bertz CT molecular complexity index is 924. The molecule has 0 aliphatic carbocycles. The Morgan fingerprint density at radius 2 is 1.86 bits per heavy atom. The lowest BCUT2D eigenvalue weighted by Gasteiger charge is -2.34. The summed E-state index contributed by atoms with van der Waals surface area (Å²) in [4.78, 5) is 13.7. The standard InChI is InChI=1S/C22H26N4O2S/c1-25-10-12-26(13-11-25)21-20(28-16-17-6-4-3-5-7-17)14-18(15-24-21)29-22-19(27-2)8-9-23-22/h3-9,14-15,23H,10-13,16H2,1-2H3. The molecule has 3 aromatic rings. The fourth-order valence-electron chi connectivity index (χ4n) is 3.27. The van der Waals surface area contributed by atoms with Gasteiger partial charge in [0, 0.05) is 43.5 Å². The molecule has 7 heteroatoms. The number of H-pyrrole nitrogens is 1. The van der Waals surface area contributed by atoms with Gasteiger partial charge in [0.2, 0.25) is 0 Å². The molecule has 1 N–H and O–H groups in total. The number of nitrogens with one attached hydrogen (secondary N) is 1. The van der Waals surface area contributed by atoms with Crippen LogP contribution < -0.4 is 14.4 Å². The highest BCUT2D eigenvalue weighted by molar-refractivity contribution is 7.99. The van der Waals surface area contributed by atoms with E-state index in [-0.39, 0.29) is 0 Å². The number of pyridine rings is 1. The van der Waals surface area contributed by atoms with Crippen LogP contribution in [0.2, 0.25) is 0 Å². The molecule has 1 aliphatic rings. The maximum absolute atomic E-state index is 6.25. The molecule has 2 aromatic heterocycles. The third-order valence-corrected chi connectivity index (χ3v) is 5.94.